The molecule has 1 atom stereocenters. The van der Waals surface area contributed by atoms with Crippen molar-refractivity contribution in [3.05, 3.63) is 29.8 Å². The molecule has 1 aliphatic heterocycles. The number of hydrogen-bond donors (Lipinski definition) is 1. The molecule has 104 valence electrons. The van der Waals surface area contributed by atoms with E-state index < -0.39 is 0 Å². The Hall–Kier alpha value is -1.16. The van der Waals surface area contributed by atoms with Crippen LogP contribution >= 0.6 is 11.8 Å². The van der Waals surface area contributed by atoms with Crippen LogP contribution in [0, 0.1) is 5.92 Å². The zero-order valence-electron chi connectivity index (χ0n) is 11.8. The predicted molar refractivity (Wildman–Crippen MR) is 83.5 cm³/mol. The van der Waals surface area contributed by atoms with Gasteiger partial charge in [0, 0.05) is 18.0 Å². The van der Waals surface area contributed by atoms with E-state index >= 15 is 0 Å². The lowest BCUT2D eigenvalue weighted by Crippen LogP contribution is -2.43. The molecule has 1 unspecified atom stereocenters. The quantitative estimate of drug-likeness (QED) is 0.525. The maximum Gasteiger partial charge on any atom is 0.191 e. The van der Waals surface area contributed by atoms with Crippen molar-refractivity contribution >= 4 is 17.7 Å². The third kappa shape index (κ3) is 4.16. The summed E-state index contributed by atoms with van der Waals surface area (Å²) in [5, 5.41) is 0. The number of nitrogens with zero attached hydrogens (tertiary/aromatic N) is 2. The number of piperidine rings is 1. The summed E-state index contributed by atoms with van der Waals surface area (Å²) < 4.78 is 0. The molecule has 19 heavy (non-hydrogen) atoms. The van der Waals surface area contributed by atoms with Gasteiger partial charge in [0.15, 0.2) is 5.96 Å². The fourth-order valence-corrected chi connectivity index (χ4v) is 2.81. The molecule has 1 fully saturated rings. The first kappa shape index (κ1) is 14.3. The molecule has 0 aromatic heterocycles. The van der Waals surface area contributed by atoms with Crippen LogP contribution in [0.15, 0.2) is 34.2 Å². The van der Waals surface area contributed by atoms with Gasteiger partial charge in [0.05, 0.1) is 6.54 Å². The SMILES string of the molecule is CSc1ccc(CN=C(N)N2CCCC(C)C2)cc1. The second-order valence-corrected chi connectivity index (χ2v) is 6.10. The summed E-state index contributed by atoms with van der Waals surface area (Å²) in [5.74, 6) is 1.42. The third-order valence-corrected chi connectivity index (χ3v) is 4.31. The average Bonchev–Trinajstić information content (AvgIpc) is 2.45. The Kier molecular flexibility index (Phi) is 5.14. The van der Waals surface area contributed by atoms with Gasteiger partial charge in [0.2, 0.25) is 0 Å². The van der Waals surface area contributed by atoms with E-state index in [1.807, 2.05) is 0 Å². The highest BCUT2D eigenvalue weighted by molar-refractivity contribution is 7.98. The number of likely N-dealkylation sites (tertiary alicyclic amines) is 1. The van der Waals surface area contributed by atoms with Crippen LogP contribution in [0.2, 0.25) is 0 Å². The minimum Gasteiger partial charge on any atom is -0.370 e. The van der Waals surface area contributed by atoms with E-state index in [0.717, 1.165) is 19.0 Å². The number of rotatable bonds is 3. The Morgan fingerprint density at radius 3 is 2.79 bits per heavy atom. The van der Waals surface area contributed by atoms with Gasteiger partial charge in [-0.25, -0.2) is 4.99 Å². The summed E-state index contributed by atoms with van der Waals surface area (Å²) in [6, 6.07) is 8.52. The molecule has 2 N–H and O–H groups in total. The molecule has 0 amide bonds. The van der Waals surface area contributed by atoms with Crippen molar-refractivity contribution in [2.75, 3.05) is 19.3 Å². The van der Waals surface area contributed by atoms with Crippen molar-refractivity contribution in [2.24, 2.45) is 16.6 Å². The van der Waals surface area contributed by atoms with Crippen molar-refractivity contribution in [2.45, 2.75) is 31.2 Å². The van der Waals surface area contributed by atoms with E-state index in [0.29, 0.717) is 12.5 Å². The monoisotopic (exact) mass is 277 g/mol. The van der Waals surface area contributed by atoms with Gasteiger partial charge < -0.3 is 10.6 Å². The largest absolute Gasteiger partial charge is 0.370 e. The van der Waals surface area contributed by atoms with E-state index in [-0.39, 0.29) is 0 Å². The molecule has 1 aromatic carbocycles. The second kappa shape index (κ2) is 6.85. The van der Waals surface area contributed by atoms with Crippen molar-refractivity contribution in [3.8, 4) is 0 Å². The van der Waals surface area contributed by atoms with Crippen LogP contribution in [0.25, 0.3) is 0 Å². The topological polar surface area (TPSA) is 41.6 Å². The molecule has 4 heteroatoms. The number of guanidine groups is 1. The van der Waals surface area contributed by atoms with E-state index in [4.69, 9.17) is 5.73 Å². The Bertz CT molecular complexity index is 428. The molecule has 0 aliphatic carbocycles. The highest BCUT2D eigenvalue weighted by Gasteiger charge is 2.17. The van der Waals surface area contributed by atoms with E-state index in [1.54, 1.807) is 11.8 Å². The summed E-state index contributed by atoms with van der Waals surface area (Å²) >= 11 is 1.76. The van der Waals surface area contributed by atoms with Gasteiger partial charge in [-0.3, -0.25) is 0 Å². The lowest BCUT2D eigenvalue weighted by atomic mass is 10.0. The lowest BCUT2D eigenvalue weighted by Gasteiger charge is -2.31. The Labute approximate surface area is 120 Å². The molecule has 1 aromatic rings. The highest BCUT2D eigenvalue weighted by atomic mass is 32.2. The molecular weight excluding hydrogens is 254 g/mol. The van der Waals surface area contributed by atoms with Crippen molar-refractivity contribution < 1.29 is 0 Å². The van der Waals surface area contributed by atoms with Crippen LogP contribution in [0.5, 0.6) is 0 Å². The van der Waals surface area contributed by atoms with Gasteiger partial charge in [0.1, 0.15) is 0 Å². The third-order valence-electron chi connectivity index (χ3n) is 3.56. The average molecular weight is 277 g/mol. The fraction of sp³-hybridized carbons (Fsp3) is 0.533. The molecule has 0 saturated carbocycles. The fourth-order valence-electron chi connectivity index (χ4n) is 2.40. The van der Waals surface area contributed by atoms with Gasteiger partial charge in [-0.15, -0.1) is 11.8 Å². The van der Waals surface area contributed by atoms with Crippen LogP contribution in [-0.4, -0.2) is 30.2 Å². The molecule has 0 spiro atoms. The first-order valence-electron chi connectivity index (χ1n) is 6.87. The molecule has 1 aliphatic rings. The standard InChI is InChI=1S/C15H23N3S/c1-12-4-3-9-18(11-12)15(16)17-10-13-5-7-14(19-2)8-6-13/h5-8,12H,3-4,9-11H2,1-2H3,(H2,16,17). The zero-order valence-corrected chi connectivity index (χ0v) is 12.6. The molecular formula is C15H23N3S. The number of hydrogen-bond acceptors (Lipinski definition) is 2. The van der Waals surface area contributed by atoms with Gasteiger partial charge >= 0.3 is 0 Å². The van der Waals surface area contributed by atoms with Crippen LogP contribution in [0.1, 0.15) is 25.3 Å². The normalized spacial score (nSPS) is 20.6. The van der Waals surface area contributed by atoms with Gasteiger partial charge in [-0.05, 0) is 42.7 Å². The maximum atomic E-state index is 6.09. The number of aliphatic imine (C=N–C) groups is 1. The molecule has 1 saturated heterocycles. The van der Waals surface area contributed by atoms with Gasteiger partial charge in [-0.1, -0.05) is 19.1 Å². The Balaban J connectivity index is 1.92. The Morgan fingerprint density at radius 2 is 2.16 bits per heavy atom. The smallest absolute Gasteiger partial charge is 0.191 e. The first-order valence-corrected chi connectivity index (χ1v) is 8.09. The number of nitrogens with two attached hydrogens (primary N) is 1. The van der Waals surface area contributed by atoms with E-state index in [2.05, 4.69) is 47.3 Å². The summed E-state index contributed by atoms with van der Waals surface area (Å²) in [6.07, 6.45) is 4.61. The van der Waals surface area contributed by atoms with Crippen LogP contribution in [-0.2, 0) is 6.54 Å². The van der Waals surface area contributed by atoms with Crippen LogP contribution in [0.4, 0.5) is 0 Å². The van der Waals surface area contributed by atoms with Gasteiger partial charge in [0.25, 0.3) is 0 Å². The maximum absolute atomic E-state index is 6.09. The van der Waals surface area contributed by atoms with Crippen molar-refractivity contribution in [1.82, 2.24) is 4.90 Å². The molecule has 2 rings (SSSR count). The summed E-state index contributed by atoms with van der Waals surface area (Å²) in [7, 11) is 0. The molecule has 0 radical (unpaired) electrons. The predicted octanol–water partition coefficient (Wildman–Crippen LogP) is 2.96. The summed E-state index contributed by atoms with van der Waals surface area (Å²) in [6.45, 7) is 5.04. The van der Waals surface area contributed by atoms with Crippen LogP contribution < -0.4 is 5.73 Å². The van der Waals surface area contributed by atoms with Crippen LogP contribution in [0.3, 0.4) is 0 Å². The summed E-state index contributed by atoms with van der Waals surface area (Å²) in [4.78, 5) is 8.02. The minimum atomic E-state index is 0.672. The van der Waals surface area contributed by atoms with Gasteiger partial charge in [-0.2, -0.15) is 0 Å². The van der Waals surface area contributed by atoms with E-state index in [1.165, 1.54) is 23.3 Å². The highest BCUT2D eigenvalue weighted by Crippen LogP contribution is 2.16. The number of thioether (sulfide) groups is 1. The minimum absolute atomic E-state index is 0.672. The first-order chi connectivity index (χ1) is 9.19. The van der Waals surface area contributed by atoms with Crippen molar-refractivity contribution in [3.63, 3.8) is 0 Å². The number of benzene rings is 1. The Morgan fingerprint density at radius 1 is 1.42 bits per heavy atom. The van der Waals surface area contributed by atoms with Crippen molar-refractivity contribution in [1.29, 1.82) is 0 Å². The second-order valence-electron chi connectivity index (χ2n) is 5.22. The summed E-state index contributed by atoms with van der Waals surface area (Å²) in [5.41, 5.74) is 7.30. The molecule has 1 heterocycles. The lowest BCUT2D eigenvalue weighted by molar-refractivity contribution is 0.270. The zero-order chi connectivity index (χ0) is 13.7. The van der Waals surface area contributed by atoms with E-state index in [9.17, 15) is 0 Å². The molecule has 3 nitrogen and oxygen atoms in total. The molecule has 0 bridgehead atoms.